The summed E-state index contributed by atoms with van der Waals surface area (Å²) in [5.41, 5.74) is 4.25. The zero-order valence-corrected chi connectivity index (χ0v) is 20.9. The number of hydrogen-bond donors (Lipinski definition) is 1. The molecule has 1 fully saturated rings. The molecule has 4 rings (SSSR count). The van der Waals surface area contributed by atoms with E-state index >= 15 is 0 Å². The third-order valence-electron chi connectivity index (χ3n) is 5.16. The Labute approximate surface area is 208 Å². The van der Waals surface area contributed by atoms with Crippen molar-refractivity contribution in [3.05, 3.63) is 85.9 Å². The highest BCUT2D eigenvalue weighted by atomic mass is 79.9. The van der Waals surface area contributed by atoms with E-state index in [1.807, 2.05) is 50.2 Å². The number of nitrogens with zero attached hydrogens (tertiary/aromatic N) is 2. The maximum atomic E-state index is 12.9. The van der Waals surface area contributed by atoms with Crippen LogP contribution in [0.15, 0.2) is 64.0 Å². The van der Waals surface area contributed by atoms with Crippen LogP contribution in [0.25, 0.3) is 11.8 Å². The van der Waals surface area contributed by atoms with Crippen molar-refractivity contribution in [1.82, 2.24) is 9.47 Å². The fourth-order valence-electron chi connectivity index (χ4n) is 3.59. The van der Waals surface area contributed by atoms with Gasteiger partial charge in [0, 0.05) is 26.6 Å². The van der Waals surface area contributed by atoms with Crippen molar-refractivity contribution in [3.63, 3.8) is 0 Å². The average molecular weight is 545 g/mol. The normalized spacial score (nSPS) is 14.9. The van der Waals surface area contributed by atoms with E-state index in [-0.39, 0.29) is 11.4 Å². The molecule has 0 bridgehead atoms. The van der Waals surface area contributed by atoms with Gasteiger partial charge in [-0.2, -0.15) is 0 Å². The summed E-state index contributed by atoms with van der Waals surface area (Å²) in [6, 6.07) is 16.6. The van der Waals surface area contributed by atoms with Crippen molar-refractivity contribution < 1.29 is 14.4 Å². The SMILES string of the molecule is Cc1cc(/C=C2/SC(=O)N(CC(=O)Nc3ccccc3Br)C2=O)c(C)n1-c1ccc(Cl)cc1. The van der Waals surface area contributed by atoms with Crippen LogP contribution in [0.5, 0.6) is 0 Å². The van der Waals surface area contributed by atoms with E-state index < -0.39 is 17.1 Å². The molecule has 0 atom stereocenters. The zero-order chi connectivity index (χ0) is 23.7. The minimum Gasteiger partial charge on any atom is -0.324 e. The van der Waals surface area contributed by atoms with E-state index in [0.29, 0.717) is 15.2 Å². The van der Waals surface area contributed by atoms with Gasteiger partial charge in [0.05, 0.1) is 10.6 Å². The lowest BCUT2D eigenvalue weighted by Crippen LogP contribution is -2.36. The molecule has 1 aliphatic heterocycles. The summed E-state index contributed by atoms with van der Waals surface area (Å²) >= 11 is 10.2. The number of benzene rings is 2. The standard InChI is InChI=1S/C24H19BrClN3O3S/c1-14-11-16(15(2)29(14)18-9-7-17(26)8-10-18)12-21-23(31)28(24(32)33-21)13-22(30)27-20-6-4-3-5-19(20)25/h3-12H,13H2,1-2H3,(H,27,30)/b21-12+. The van der Waals surface area contributed by atoms with Crippen LogP contribution in [-0.4, -0.2) is 33.1 Å². The van der Waals surface area contributed by atoms with E-state index in [1.54, 1.807) is 24.3 Å². The third-order valence-corrected chi connectivity index (χ3v) is 7.02. The zero-order valence-electron chi connectivity index (χ0n) is 17.8. The number of amides is 3. The third kappa shape index (κ3) is 4.93. The number of aromatic nitrogens is 1. The van der Waals surface area contributed by atoms with Crippen LogP contribution < -0.4 is 5.32 Å². The number of anilines is 1. The predicted molar refractivity (Wildman–Crippen MR) is 136 cm³/mol. The second kappa shape index (κ2) is 9.59. The Morgan fingerprint density at radius 2 is 1.82 bits per heavy atom. The maximum absolute atomic E-state index is 12.9. The van der Waals surface area contributed by atoms with Crippen LogP contribution in [0, 0.1) is 13.8 Å². The van der Waals surface area contributed by atoms with Gasteiger partial charge >= 0.3 is 0 Å². The Bertz CT molecular complexity index is 1300. The average Bonchev–Trinajstić information content (AvgIpc) is 3.20. The number of aryl methyl sites for hydroxylation is 1. The Balaban J connectivity index is 1.53. The largest absolute Gasteiger partial charge is 0.324 e. The minimum atomic E-state index is -0.483. The van der Waals surface area contributed by atoms with Gasteiger partial charge in [0.25, 0.3) is 11.1 Å². The smallest absolute Gasteiger partial charge is 0.294 e. The first-order chi connectivity index (χ1) is 15.7. The molecule has 1 aromatic heterocycles. The number of halogens is 2. The molecule has 1 saturated heterocycles. The van der Waals surface area contributed by atoms with Crippen LogP contribution in [0.4, 0.5) is 10.5 Å². The van der Waals surface area contributed by atoms with Gasteiger partial charge in [0.1, 0.15) is 6.54 Å². The summed E-state index contributed by atoms with van der Waals surface area (Å²) in [4.78, 5) is 39.0. The molecular weight excluding hydrogens is 526 g/mol. The van der Waals surface area contributed by atoms with Crippen LogP contribution in [0.2, 0.25) is 5.02 Å². The number of para-hydroxylation sites is 1. The summed E-state index contributed by atoms with van der Waals surface area (Å²) in [5.74, 6) is -0.935. The molecule has 168 valence electrons. The van der Waals surface area contributed by atoms with E-state index in [4.69, 9.17) is 11.6 Å². The molecule has 3 aromatic rings. The molecular formula is C24H19BrClN3O3S. The van der Waals surface area contributed by atoms with Gasteiger partial charge in [-0.25, -0.2) is 0 Å². The van der Waals surface area contributed by atoms with Gasteiger partial charge < -0.3 is 9.88 Å². The summed E-state index contributed by atoms with van der Waals surface area (Å²) in [7, 11) is 0. The summed E-state index contributed by atoms with van der Waals surface area (Å²) < 4.78 is 2.76. The molecule has 0 spiro atoms. The Morgan fingerprint density at radius 1 is 1.12 bits per heavy atom. The van der Waals surface area contributed by atoms with Crippen LogP contribution in [0.3, 0.4) is 0 Å². The molecule has 2 heterocycles. The molecule has 9 heteroatoms. The highest BCUT2D eigenvalue weighted by Gasteiger charge is 2.36. The van der Waals surface area contributed by atoms with E-state index in [1.165, 1.54) is 0 Å². The number of hydrogen-bond acceptors (Lipinski definition) is 4. The highest BCUT2D eigenvalue weighted by Crippen LogP contribution is 2.34. The molecule has 6 nitrogen and oxygen atoms in total. The number of carbonyl (C=O) groups excluding carboxylic acids is 3. The second-order valence-corrected chi connectivity index (χ2v) is 9.72. The van der Waals surface area contributed by atoms with Crippen molar-refractivity contribution >= 4 is 68.1 Å². The van der Waals surface area contributed by atoms with Gasteiger partial charge in [0.15, 0.2) is 0 Å². The number of carbonyl (C=O) groups is 3. The topological polar surface area (TPSA) is 71.4 Å². The number of rotatable bonds is 5. The minimum absolute atomic E-state index is 0.282. The Hall–Kier alpha value is -2.81. The first-order valence-electron chi connectivity index (χ1n) is 9.99. The second-order valence-electron chi connectivity index (χ2n) is 7.43. The van der Waals surface area contributed by atoms with E-state index in [0.717, 1.165) is 39.3 Å². The Kier molecular flexibility index (Phi) is 6.78. The van der Waals surface area contributed by atoms with Gasteiger partial charge in [0.2, 0.25) is 5.91 Å². The Morgan fingerprint density at radius 3 is 2.52 bits per heavy atom. The summed E-state index contributed by atoms with van der Waals surface area (Å²) in [6.07, 6.45) is 1.70. The molecule has 2 aromatic carbocycles. The maximum Gasteiger partial charge on any atom is 0.294 e. The van der Waals surface area contributed by atoms with Crippen LogP contribution in [0.1, 0.15) is 17.0 Å². The fraction of sp³-hybridized carbons (Fsp3) is 0.125. The van der Waals surface area contributed by atoms with E-state index in [9.17, 15) is 14.4 Å². The quantitative estimate of drug-likeness (QED) is 0.389. The van der Waals surface area contributed by atoms with Crippen molar-refractivity contribution in [2.24, 2.45) is 0 Å². The van der Waals surface area contributed by atoms with Crippen molar-refractivity contribution in [3.8, 4) is 5.69 Å². The van der Waals surface area contributed by atoms with Gasteiger partial charge in [-0.15, -0.1) is 0 Å². The van der Waals surface area contributed by atoms with Crippen molar-refractivity contribution in [2.75, 3.05) is 11.9 Å². The lowest BCUT2D eigenvalue weighted by atomic mass is 10.2. The molecule has 0 radical (unpaired) electrons. The predicted octanol–water partition coefficient (Wildman–Crippen LogP) is 6.19. The molecule has 3 amide bonds. The van der Waals surface area contributed by atoms with Gasteiger partial charge in [-0.1, -0.05) is 23.7 Å². The monoisotopic (exact) mass is 543 g/mol. The molecule has 0 saturated carbocycles. The number of imide groups is 1. The summed E-state index contributed by atoms with van der Waals surface area (Å²) in [6.45, 7) is 3.56. The van der Waals surface area contributed by atoms with Crippen molar-refractivity contribution in [1.29, 1.82) is 0 Å². The lowest BCUT2D eigenvalue weighted by molar-refractivity contribution is -0.127. The number of thioether (sulfide) groups is 1. The lowest BCUT2D eigenvalue weighted by Gasteiger charge is -2.13. The van der Waals surface area contributed by atoms with E-state index in [2.05, 4.69) is 25.8 Å². The molecule has 33 heavy (non-hydrogen) atoms. The van der Waals surface area contributed by atoms with Crippen LogP contribution >= 0.6 is 39.3 Å². The molecule has 1 aliphatic rings. The van der Waals surface area contributed by atoms with Gasteiger partial charge in [-0.05, 0) is 95.6 Å². The van der Waals surface area contributed by atoms with Crippen LogP contribution in [-0.2, 0) is 9.59 Å². The van der Waals surface area contributed by atoms with Crippen molar-refractivity contribution in [2.45, 2.75) is 13.8 Å². The fourth-order valence-corrected chi connectivity index (χ4v) is 4.93. The highest BCUT2D eigenvalue weighted by molar-refractivity contribution is 9.10. The first-order valence-corrected chi connectivity index (χ1v) is 12.0. The molecule has 1 N–H and O–H groups in total. The first kappa shape index (κ1) is 23.4. The number of nitrogens with one attached hydrogen (secondary N) is 1. The van der Waals surface area contributed by atoms with Gasteiger partial charge in [-0.3, -0.25) is 19.3 Å². The molecule has 0 aliphatic carbocycles. The summed E-state index contributed by atoms with van der Waals surface area (Å²) in [5, 5.41) is 2.89. The molecule has 0 unspecified atom stereocenters.